The predicted molar refractivity (Wildman–Crippen MR) is 144 cm³/mol. The maximum Gasteiger partial charge on any atom is 0.416 e. The number of nitrogens with zero attached hydrogens (tertiary/aromatic N) is 3. The van der Waals surface area contributed by atoms with E-state index in [0.717, 1.165) is 40.7 Å². The molecule has 0 radical (unpaired) electrons. The van der Waals surface area contributed by atoms with Gasteiger partial charge in [-0.1, -0.05) is 42.5 Å². The molecule has 0 spiro atoms. The van der Waals surface area contributed by atoms with Crippen LogP contribution in [0.2, 0.25) is 0 Å². The lowest BCUT2D eigenvalue weighted by Gasteiger charge is -2.43. The van der Waals surface area contributed by atoms with Gasteiger partial charge in [-0.3, -0.25) is 9.59 Å². The zero-order valence-electron chi connectivity index (χ0n) is 21.9. The minimum Gasteiger partial charge on any atom is -0.341 e. The van der Waals surface area contributed by atoms with Crippen molar-refractivity contribution in [1.29, 1.82) is 0 Å². The van der Waals surface area contributed by atoms with Crippen LogP contribution in [0.1, 0.15) is 29.5 Å². The first-order chi connectivity index (χ1) is 19.3. The van der Waals surface area contributed by atoms with Crippen LogP contribution in [0.15, 0.2) is 77.8 Å². The first-order valence-electron chi connectivity index (χ1n) is 13.2. The summed E-state index contributed by atoms with van der Waals surface area (Å²) in [6.07, 6.45) is -0.362. The molecule has 2 saturated heterocycles. The minimum absolute atomic E-state index is 0.183. The summed E-state index contributed by atoms with van der Waals surface area (Å²) in [6, 6.07) is 20.5. The van der Waals surface area contributed by atoms with Crippen molar-refractivity contribution in [1.82, 2.24) is 15.7 Å². The summed E-state index contributed by atoms with van der Waals surface area (Å²) in [5.41, 5.74) is 2.34. The monoisotopic (exact) mass is 544 g/mol. The number of hydroxylamine groups is 2. The number of benzene rings is 3. The van der Waals surface area contributed by atoms with Crippen LogP contribution in [0.25, 0.3) is 0 Å². The van der Waals surface area contributed by atoms with Gasteiger partial charge in [0.15, 0.2) is 0 Å². The number of halogens is 2. The molecule has 0 aromatic heterocycles. The Labute approximate surface area is 229 Å². The van der Waals surface area contributed by atoms with Gasteiger partial charge < -0.3 is 15.5 Å². The molecule has 10 heteroatoms. The molecule has 3 aliphatic rings. The van der Waals surface area contributed by atoms with Crippen molar-refractivity contribution >= 4 is 29.1 Å². The third kappa shape index (κ3) is 4.64. The van der Waals surface area contributed by atoms with Crippen molar-refractivity contribution in [2.75, 3.05) is 20.1 Å². The van der Waals surface area contributed by atoms with Crippen molar-refractivity contribution in [3.8, 4) is 0 Å². The van der Waals surface area contributed by atoms with Crippen LogP contribution in [0.4, 0.5) is 14.5 Å². The van der Waals surface area contributed by atoms with E-state index in [9.17, 15) is 18.4 Å². The molecule has 2 N–H and O–H groups in total. The maximum atomic E-state index is 14.1. The second kappa shape index (κ2) is 10.3. The molecule has 0 unspecified atom stereocenters. The summed E-state index contributed by atoms with van der Waals surface area (Å²) in [4.78, 5) is 38.2. The zero-order valence-corrected chi connectivity index (χ0v) is 21.9. The van der Waals surface area contributed by atoms with Crippen LogP contribution in [0, 0.1) is 11.6 Å². The summed E-state index contributed by atoms with van der Waals surface area (Å²) >= 11 is 0. The third-order valence-electron chi connectivity index (χ3n) is 7.52. The lowest BCUT2D eigenvalue weighted by atomic mass is 9.86. The van der Waals surface area contributed by atoms with Crippen LogP contribution in [0.5, 0.6) is 0 Å². The Kier molecular flexibility index (Phi) is 6.63. The average molecular weight is 545 g/mol. The molecule has 3 heterocycles. The van der Waals surface area contributed by atoms with E-state index in [1.807, 2.05) is 66.2 Å². The second-order valence-corrected chi connectivity index (χ2v) is 10.2. The van der Waals surface area contributed by atoms with E-state index < -0.39 is 35.2 Å². The van der Waals surface area contributed by atoms with Crippen LogP contribution < -0.4 is 10.6 Å². The normalized spacial score (nSPS) is 19.3. The molecular formula is C30H28F2N5O3+. The number of amides is 2. The third-order valence-corrected chi connectivity index (χ3v) is 7.52. The van der Waals surface area contributed by atoms with E-state index >= 15 is 0 Å². The van der Waals surface area contributed by atoms with Crippen molar-refractivity contribution in [3.63, 3.8) is 0 Å². The van der Waals surface area contributed by atoms with Gasteiger partial charge >= 0.3 is 5.90 Å². The molecule has 0 aliphatic carbocycles. The second-order valence-electron chi connectivity index (χ2n) is 10.2. The zero-order chi connectivity index (χ0) is 27.9. The number of fused-ring (bicyclic) bond motifs is 2. The van der Waals surface area contributed by atoms with Crippen LogP contribution in [-0.2, 0) is 20.8 Å². The molecular weight excluding hydrogens is 516 g/mol. The highest BCUT2D eigenvalue weighted by molar-refractivity contribution is 6.17. The van der Waals surface area contributed by atoms with Gasteiger partial charge in [0, 0.05) is 17.7 Å². The van der Waals surface area contributed by atoms with Gasteiger partial charge in [-0.15, -0.1) is 5.06 Å². The van der Waals surface area contributed by atoms with E-state index in [1.165, 1.54) is 5.06 Å². The number of para-hydroxylation sites is 1. The van der Waals surface area contributed by atoms with Gasteiger partial charge in [0.2, 0.25) is 11.6 Å². The fourth-order valence-corrected chi connectivity index (χ4v) is 5.51. The maximum absolute atomic E-state index is 14.1. The van der Waals surface area contributed by atoms with Crippen LogP contribution in [0.3, 0.4) is 0 Å². The highest BCUT2D eigenvalue weighted by atomic mass is 19.1. The number of carbonyl (C=O) groups excluding carboxylic acids is 2. The molecule has 3 aromatic rings. The molecule has 3 aromatic carbocycles. The molecule has 40 heavy (non-hydrogen) atoms. The number of carbonyl (C=O) groups is 2. The van der Waals surface area contributed by atoms with E-state index in [-0.39, 0.29) is 12.0 Å². The molecule has 6 rings (SSSR count). The quantitative estimate of drug-likeness (QED) is 0.484. The molecule has 204 valence electrons. The first-order valence-corrected chi connectivity index (χ1v) is 13.2. The number of nitrogens with one attached hydrogen (secondary N) is 2. The number of aliphatic imine (C=N–C) groups is 1. The van der Waals surface area contributed by atoms with Gasteiger partial charge in [0.1, 0.15) is 24.2 Å². The molecule has 2 fully saturated rings. The SMILES string of the molecule is C[N+]1=C2ON(C(=O)C3(NC(=O)Cc4cc(F)cc(F)c4)CCNCC3)[C@@H]2N=C(c2ccccc2)c2ccccc21. The van der Waals surface area contributed by atoms with Crippen LogP contribution >= 0.6 is 0 Å². The largest absolute Gasteiger partial charge is 0.416 e. The molecule has 0 saturated carbocycles. The van der Waals surface area contributed by atoms with Gasteiger partial charge in [0.05, 0.1) is 17.7 Å². The lowest BCUT2D eigenvalue weighted by Crippen LogP contribution is -2.69. The van der Waals surface area contributed by atoms with Gasteiger partial charge in [0.25, 0.3) is 12.1 Å². The van der Waals surface area contributed by atoms with E-state index in [1.54, 1.807) is 0 Å². The standard InChI is InChI=1S/C30H27F2N5O3/c1-36-24-10-6-5-9-23(24)26(20-7-3-2-4-8-20)34-27-28(36)40-37(27)29(39)30(11-13-33-14-12-30)35-25(38)17-19-15-21(31)18-22(32)16-19/h2-10,15-16,18,27,33H,11-14,17H2,1H3/p+1/t27-/m0/s1. The van der Waals surface area contributed by atoms with E-state index in [4.69, 9.17) is 9.83 Å². The van der Waals surface area contributed by atoms with Crippen molar-refractivity contribution in [3.05, 3.63) is 101 Å². The number of hydrogen-bond acceptors (Lipinski definition) is 5. The van der Waals surface area contributed by atoms with Crippen molar-refractivity contribution in [2.24, 2.45) is 4.99 Å². The Hall–Kier alpha value is -4.44. The number of rotatable bonds is 5. The lowest BCUT2D eigenvalue weighted by molar-refractivity contribution is -0.440. The Bertz CT molecular complexity index is 1530. The van der Waals surface area contributed by atoms with E-state index in [2.05, 4.69) is 10.6 Å². The van der Waals surface area contributed by atoms with Crippen LogP contribution in [-0.4, -0.2) is 64.9 Å². The van der Waals surface area contributed by atoms with E-state index in [0.29, 0.717) is 31.8 Å². The first kappa shape index (κ1) is 25.8. The Morgan fingerprint density at radius 3 is 2.45 bits per heavy atom. The minimum atomic E-state index is -1.26. The number of piperidine rings is 1. The molecule has 2 amide bonds. The van der Waals surface area contributed by atoms with Gasteiger partial charge in [-0.25, -0.2) is 13.8 Å². The smallest absolute Gasteiger partial charge is 0.341 e. The average Bonchev–Trinajstić information content (AvgIpc) is 3.01. The molecule has 8 nitrogen and oxygen atoms in total. The predicted octanol–water partition coefficient (Wildman–Crippen LogP) is 3.07. The summed E-state index contributed by atoms with van der Waals surface area (Å²) in [7, 11) is 1.87. The summed E-state index contributed by atoms with van der Waals surface area (Å²) in [6.45, 7) is 0.999. The summed E-state index contributed by atoms with van der Waals surface area (Å²) in [5, 5.41) is 7.33. The molecule has 1 atom stereocenters. The van der Waals surface area contributed by atoms with Gasteiger partial charge in [-0.2, -0.15) is 4.58 Å². The Balaban J connectivity index is 1.32. The highest BCUT2D eigenvalue weighted by Gasteiger charge is 2.57. The fraction of sp³-hybridized carbons (Fsp3) is 0.267. The molecule has 0 bridgehead atoms. The van der Waals surface area contributed by atoms with Crippen molar-refractivity contribution < 1.29 is 27.8 Å². The molecule has 3 aliphatic heterocycles. The Morgan fingerprint density at radius 2 is 1.73 bits per heavy atom. The highest BCUT2D eigenvalue weighted by Crippen LogP contribution is 2.34. The summed E-state index contributed by atoms with van der Waals surface area (Å²) in [5.74, 6) is -1.96. The van der Waals surface area contributed by atoms with Gasteiger partial charge in [-0.05, 0) is 49.7 Å². The Morgan fingerprint density at radius 1 is 1.05 bits per heavy atom. The van der Waals surface area contributed by atoms with Crippen molar-refractivity contribution in [2.45, 2.75) is 31.0 Å². The number of hydrogen-bond donors (Lipinski definition) is 2. The topological polar surface area (TPSA) is 86.0 Å². The fourth-order valence-electron chi connectivity index (χ4n) is 5.51. The summed E-state index contributed by atoms with van der Waals surface area (Å²) < 4.78 is 29.3.